The topological polar surface area (TPSA) is 46.9 Å². The summed E-state index contributed by atoms with van der Waals surface area (Å²) in [6.07, 6.45) is 0. The van der Waals surface area contributed by atoms with E-state index < -0.39 is 5.91 Å². The van der Waals surface area contributed by atoms with E-state index in [1.807, 2.05) is 30.3 Å². The number of carbonyl (C=O) groups excluding carboxylic acids is 1. The number of hydrogen-bond acceptors (Lipinski definition) is 2. The van der Waals surface area contributed by atoms with Crippen molar-refractivity contribution in [3.8, 4) is 5.69 Å². The Labute approximate surface area is 154 Å². The number of carbonyl (C=O) groups is 1. The first-order valence-corrected chi connectivity index (χ1v) is 8.17. The third-order valence-corrected chi connectivity index (χ3v) is 4.40. The molecule has 0 radical (unpaired) electrons. The van der Waals surface area contributed by atoms with Crippen molar-refractivity contribution in [2.24, 2.45) is 0 Å². The van der Waals surface area contributed by atoms with Crippen LogP contribution in [0.15, 0.2) is 48.5 Å². The lowest BCUT2D eigenvalue weighted by atomic mass is 10.2. The van der Waals surface area contributed by atoms with Crippen LogP contribution < -0.4 is 5.32 Å². The van der Waals surface area contributed by atoms with Gasteiger partial charge in [-0.05, 0) is 37.3 Å². The predicted molar refractivity (Wildman–Crippen MR) is 97.7 cm³/mol. The normalized spacial score (nSPS) is 10.7. The molecule has 1 heterocycles. The zero-order valence-corrected chi connectivity index (χ0v) is 14.8. The van der Waals surface area contributed by atoms with Gasteiger partial charge >= 0.3 is 0 Å². The molecule has 1 N–H and O–H groups in total. The van der Waals surface area contributed by atoms with E-state index in [1.165, 1.54) is 6.07 Å². The molecule has 1 aromatic heterocycles. The lowest BCUT2D eigenvalue weighted by molar-refractivity contribution is 0.102. The summed E-state index contributed by atoms with van der Waals surface area (Å²) in [7, 11) is 0. The number of hydrogen-bond donors (Lipinski definition) is 1. The van der Waals surface area contributed by atoms with E-state index in [2.05, 4.69) is 10.4 Å². The second-order valence-corrected chi connectivity index (χ2v) is 6.30. The van der Waals surface area contributed by atoms with Gasteiger partial charge in [0, 0.05) is 5.02 Å². The highest BCUT2D eigenvalue weighted by atomic mass is 35.5. The van der Waals surface area contributed by atoms with Gasteiger partial charge in [-0.3, -0.25) is 4.79 Å². The summed E-state index contributed by atoms with van der Waals surface area (Å²) in [6.45, 7) is 1.77. The van der Waals surface area contributed by atoms with Crippen LogP contribution >= 0.6 is 34.8 Å². The first kappa shape index (κ1) is 16.8. The fraction of sp³-hybridized carbons (Fsp3) is 0.0588. The summed E-state index contributed by atoms with van der Waals surface area (Å²) in [5, 5.41) is 8.25. The second kappa shape index (κ2) is 6.85. The van der Waals surface area contributed by atoms with Gasteiger partial charge in [-0.2, -0.15) is 5.10 Å². The molecule has 3 rings (SSSR count). The molecule has 3 aromatic rings. The molecular formula is C17H12Cl3N3O. The van der Waals surface area contributed by atoms with Crippen LogP contribution in [0.1, 0.15) is 16.1 Å². The van der Waals surface area contributed by atoms with Gasteiger partial charge in [0.1, 0.15) is 5.02 Å². The number of para-hydroxylation sites is 1. The minimum absolute atomic E-state index is 0.263. The van der Waals surface area contributed by atoms with Crippen molar-refractivity contribution in [2.45, 2.75) is 6.92 Å². The number of aromatic nitrogens is 2. The Hall–Kier alpha value is -2.01. The van der Waals surface area contributed by atoms with Crippen molar-refractivity contribution in [2.75, 3.05) is 5.32 Å². The first-order chi connectivity index (χ1) is 11.5. The molecule has 0 bridgehead atoms. The molecule has 1 amide bonds. The van der Waals surface area contributed by atoms with Crippen LogP contribution in [0.4, 0.5) is 5.82 Å². The predicted octanol–water partition coefficient (Wildman–Crippen LogP) is 5.39. The highest BCUT2D eigenvalue weighted by Crippen LogP contribution is 2.29. The first-order valence-electron chi connectivity index (χ1n) is 7.04. The molecule has 7 heteroatoms. The number of amides is 1. The number of nitrogens with one attached hydrogen (secondary N) is 1. The van der Waals surface area contributed by atoms with Crippen LogP contribution in [0.25, 0.3) is 5.69 Å². The van der Waals surface area contributed by atoms with Crippen LogP contribution in [-0.2, 0) is 0 Å². The summed E-state index contributed by atoms with van der Waals surface area (Å²) < 4.78 is 1.58. The van der Waals surface area contributed by atoms with Crippen molar-refractivity contribution >= 4 is 46.5 Å². The zero-order chi connectivity index (χ0) is 17.3. The summed E-state index contributed by atoms with van der Waals surface area (Å²) in [4.78, 5) is 12.6. The molecule has 0 aliphatic rings. The molecule has 0 spiro atoms. The van der Waals surface area contributed by atoms with Gasteiger partial charge in [0.05, 0.1) is 22.0 Å². The van der Waals surface area contributed by atoms with Crippen molar-refractivity contribution < 1.29 is 4.79 Å². The Balaban J connectivity index is 1.99. The maximum atomic E-state index is 12.6. The van der Waals surface area contributed by atoms with E-state index >= 15 is 0 Å². The molecule has 0 aliphatic carbocycles. The lowest BCUT2D eigenvalue weighted by Crippen LogP contribution is -2.16. The SMILES string of the molecule is Cc1nn(-c2ccccc2)c(NC(=O)c2ccc(Cl)cc2Cl)c1Cl. The molecule has 4 nitrogen and oxygen atoms in total. The Bertz CT molecular complexity index is 907. The van der Waals surface area contributed by atoms with Crippen molar-refractivity contribution in [3.05, 3.63) is 74.9 Å². The van der Waals surface area contributed by atoms with Gasteiger partial charge in [0.15, 0.2) is 5.82 Å². The Morgan fingerprint density at radius 1 is 1.08 bits per heavy atom. The zero-order valence-electron chi connectivity index (χ0n) is 12.6. The third-order valence-electron chi connectivity index (χ3n) is 3.40. The molecule has 0 unspecified atom stereocenters. The molecule has 0 aliphatic heterocycles. The summed E-state index contributed by atoms with van der Waals surface area (Å²) in [5.41, 5.74) is 1.69. The molecular weight excluding hydrogens is 369 g/mol. The molecule has 0 saturated heterocycles. The minimum atomic E-state index is -0.393. The Kier molecular flexibility index (Phi) is 4.81. The third kappa shape index (κ3) is 3.26. The van der Waals surface area contributed by atoms with Gasteiger partial charge in [0.25, 0.3) is 5.91 Å². The summed E-state index contributed by atoms with van der Waals surface area (Å²) in [6, 6.07) is 14.1. The smallest absolute Gasteiger partial charge is 0.258 e. The quantitative estimate of drug-likeness (QED) is 0.662. The summed E-state index contributed by atoms with van der Waals surface area (Å²) in [5.74, 6) is -0.00738. The molecule has 2 aromatic carbocycles. The maximum Gasteiger partial charge on any atom is 0.258 e. The fourth-order valence-electron chi connectivity index (χ4n) is 2.22. The molecule has 0 saturated carbocycles. The fourth-order valence-corrected chi connectivity index (χ4v) is 2.88. The van der Waals surface area contributed by atoms with E-state index in [0.29, 0.717) is 27.1 Å². The summed E-state index contributed by atoms with van der Waals surface area (Å²) >= 11 is 18.3. The number of benzene rings is 2. The van der Waals surface area contributed by atoms with Crippen molar-refractivity contribution in [3.63, 3.8) is 0 Å². The largest absolute Gasteiger partial charge is 0.305 e. The van der Waals surface area contributed by atoms with E-state index in [9.17, 15) is 4.79 Å². The average molecular weight is 381 g/mol. The number of nitrogens with zero attached hydrogens (tertiary/aromatic N) is 2. The molecule has 24 heavy (non-hydrogen) atoms. The van der Waals surface area contributed by atoms with E-state index in [-0.39, 0.29) is 5.02 Å². The van der Waals surface area contributed by atoms with Crippen LogP contribution in [-0.4, -0.2) is 15.7 Å². The Morgan fingerprint density at radius 3 is 2.46 bits per heavy atom. The maximum absolute atomic E-state index is 12.6. The standard InChI is InChI=1S/C17H12Cl3N3O/c1-10-15(20)16(23(22-10)12-5-3-2-4-6-12)21-17(24)13-8-7-11(18)9-14(13)19/h2-9H,1H3,(H,21,24). The lowest BCUT2D eigenvalue weighted by Gasteiger charge is -2.10. The van der Waals surface area contributed by atoms with Crippen LogP contribution in [0.3, 0.4) is 0 Å². The number of anilines is 1. The van der Waals surface area contributed by atoms with E-state index in [1.54, 1.807) is 23.7 Å². The minimum Gasteiger partial charge on any atom is -0.305 e. The molecule has 122 valence electrons. The molecule has 0 fully saturated rings. The number of halogens is 3. The van der Waals surface area contributed by atoms with Gasteiger partial charge in [0.2, 0.25) is 0 Å². The van der Waals surface area contributed by atoms with Gasteiger partial charge < -0.3 is 5.32 Å². The number of rotatable bonds is 3. The van der Waals surface area contributed by atoms with Gasteiger partial charge in [-0.1, -0.05) is 53.0 Å². The molecule has 0 atom stereocenters. The van der Waals surface area contributed by atoms with E-state index in [0.717, 1.165) is 5.69 Å². The van der Waals surface area contributed by atoms with Crippen LogP contribution in [0.5, 0.6) is 0 Å². The van der Waals surface area contributed by atoms with Crippen molar-refractivity contribution in [1.29, 1.82) is 0 Å². The van der Waals surface area contributed by atoms with Gasteiger partial charge in [-0.15, -0.1) is 0 Å². The van der Waals surface area contributed by atoms with E-state index in [4.69, 9.17) is 34.8 Å². The van der Waals surface area contributed by atoms with Crippen molar-refractivity contribution in [1.82, 2.24) is 9.78 Å². The Morgan fingerprint density at radius 2 is 1.79 bits per heavy atom. The number of aryl methyl sites for hydroxylation is 1. The second-order valence-electron chi connectivity index (χ2n) is 5.07. The van der Waals surface area contributed by atoms with Crippen LogP contribution in [0, 0.1) is 6.92 Å². The monoisotopic (exact) mass is 379 g/mol. The average Bonchev–Trinajstić information content (AvgIpc) is 2.84. The highest BCUT2D eigenvalue weighted by Gasteiger charge is 2.19. The van der Waals surface area contributed by atoms with Crippen LogP contribution in [0.2, 0.25) is 15.1 Å². The van der Waals surface area contributed by atoms with Gasteiger partial charge in [-0.25, -0.2) is 4.68 Å². The highest BCUT2D eigenvalue weighted by molar-refractivity contribution is 6.37.